The number of nitro benzene ring substituents is 1. The lowest BCUT2D eigenvalue weighted by Crippen LogP contribution is -2.41. The van der Waals surface area contributed by atoms with Crippen LogP contribution in [0.4, 0.5) is 11.4 Å². The van der Waals surface area contributed by atoms with Gasteiger partial charge in [-0.1, -0.05) is 23.7 Å². The van der Waals surface area contributed by atoms with Gasteiger partial charge in [0, 0.05) is 22.8 Å². The van der Waals surface area contributed by atoms with E-state index in [0.29, 0.717) is 0 Å². The molecule has 0 fully saturated rings. The minimum atomic E-state index is -3.94. The van der Waals surface area contributed by atoms with Gasteiger partial charge in [0.1, 0.15) is 0 Å². The molecule has 0 bridgehead atoms. The molecule has 1 atom stereocenters. The molecule has 0 radical (unpaired) electrons. The molecule has 0 aliphatic carbocycles. The van der Waals surface area contributed by atoms with Crippen molar-refractivity contribution in [3.8, 4) is 0 Å². The maximum Gasteiger partial charge on any atom is 0.271 e. The van der Waals surface area contributed by atoms with E-state index in [4.69, 9.17) is 11.6 Å². The molecule has 2 N–H and O–H groups in total. The van der Waals surface area contributed by atoms with Gasteiger partial charge >= 0.3 is 0 Å². The van der Waals surface area contributed by atoms with Crippen LogP contribution in [0.2, 0.25) is 5.02 Å². The van der Waals surface area contributed by atoms with Crippen molar-refractivity contribution in [2.75, 3.05) is 5.32 Å². The predicted octanol–water partition coefficient (Wildman–Crippen LogP) is 2.55. The molecule has 0 aliphatic rings. The first-order valence-electron chi connectivity index (χ1n) is 7.02. The number of carbonyl (C=O) groups excluding carboxylic acids is 1. The van der Waals surface area contributed by atoms with E-state index in [1.807, 2.05) is 0 Å². The molecule has 0 unspecified atom stereocenters. The molecule has 132 valence electrons. The molecule has 2 rings (SSSR count). The van der Waals surface area contributed by atoms with Gasteiger partial charge in [0.05, 0.1) is 15.9 Å². The quantitative estimate of drug-likeness (QED) is 0.587. The average molecular weight is 384 g/mol. The molecule has 0 spiro atoms. The topological polar surface area (TPSA) is 118 Å². The number of carbonyl (C=O) groups is 1. The number of benzene rings is 2. The summed E-state index contributed by atoms with van der Waals surface area (Å²) in [6.45, 7) is 1.36. The van der Waals surface area contributed by atoms with Gasteiger partial charge in [0.15, 0.2) is 0 Å². The number of hydrogen-bond donors (Lipinski definition) is 2. The highest BCUT2D eigenvalue weighted by molar-refractivity contribution is 7.89. The van der Waals surface area contributed by atoms with Crippen LogP contribution in [0.25, 0.3) is 0 Å². The van der Waals surface area contributed by atoms with Gasteiger partial charge in [-0.05, 0) is 31.2 Å². The normalized spacial score (nSPS) is 12.4. The zero-order chi connectivity index (χ0) is 18.6. The lowest BCUT2D eigenvalue weighted by molar-refractivity contribution is -0.384. The van der Waals surface area contributed by atoms with E-state index in [0.717, 1.165) is 0 Å². The van der Waals surface area contributed by atoms with Crippen LogP contribution >= 0.6 is 11.6 Å². The van der Waals surface area contributed by atoms with Gasteiger partial charge in [-0.25, -0.2) is 8.42 Å². The van der Waals surface area contributed by atoms with Gasteiger partial charge in [-0.3, -0.25) is 14.9 Å². The second-order valence-electron chi connectivity index (χ2n) is 5.10. The van der Waals surface area contributed by atoms with Crippen LogP contribution in [0, 0.1) is 10.1 Å². The second kappa shape index (κ2) is 7.60. The standard InChI is InChI=1S/C15H14ClN3O5S/c1-10(18-25(23,24)14-7-2-4-11(16)8-14)15(20)17-12-5-3-6-13(9-12)19(21)22/h2-10,18H,1H3,(H,17,20)/t10-/m0/s1. The summed E-state index contributed by atoms with van der Waals surface area (Å²) in [4.78, 5) is 22.2. The molecule has 0 saturated carbocycles. The Hall–Kier alpha value is -2.49. The highest BCUT2D eigenvalue weighted by Gasteiger charge is 2.22. The van der Waals surface area contributed by atoms with Gasteiger partial charge in [0.2, 0.25) is 15.9 Å². The minimum absolute atomic E-state index is 0.0741. The molecule has 10 heteroatoms. The fraction of sp³-hybridized carbons (Fsp3) is 0.133. The molecule has 0 aromatic heterocycles. The Morgan fingerprint density at radius 2 is 1.88 bits per heavy atom. The van der Waals surface area contributed by atoms with E-state index in [1.54, 1.807) is 0 Å². The number of nitrogens with zero attached hydrogens (tertiary/aromatic N) is 1. The molecular weight excluding hydrogens is 370 g/mol. The smallest absolute Gasteiger partial charge is 0.271 e. The zero-order valence-electron chi connectivity index (χ0n) is 13.0. The summed E-state index contributed by atoms with van der Waals surface area (Å²) >= 11 is 5.77. The van der Waals surface area contributed by atoms with Gasteiger partial charge in [-0.2, -0.15) is 4.72 Å². The maximum atomic E-state index is 12.3. The molecule has 2 aromatic carbocycles. The van der Waals surface area contributed by atoms with Crippen LogP contribution in [-0.2, 0) is 14.8 Å². The Kier molecular flexibility index (Phi) is 5.73. The van der Waals surface area contributed by atoms with Gasteiger partial charge < -0.3 is 5.32 Å². The van der Waals surface area contributed by atoms with Crippen molar-refractivity contribution in [2.45, 2.75) is 17.9 Å². The van der Waals surface area contributed by atoms with Crippen LogP contribution < -0.4 is 10.0 Å². The van der Waals surface area contributed by atoms with E-state index in [9.17, 15) is 23.3 Å². The third-order valence-electron chi connectivity index (χ3n) is 3.16. The summed E-state index contributed by atoms with van der Waals surface area (Å²) in [6, 6.07) is 9.83. The van der Waals surface area contributed by atoms with E-state index in [-0.39, 0.29) is 21.3 Å². The number of non-ortho nitro benzene ring substituents is 1. The summed E-state index contributed by atoms with van der Waals surface area (Å²) in [5.41, 5.74) is -0.00188. The van der Waals surface area contributed by atoms with E-state index in [1.165, 1.54) is 55.5 Å². The number of sulfonamides is 1. The molecule has 8 nitrogen and oxygen atoms in total. The fourth-order valence-electron chi connectivity index (χ4n) is 1.94. The average Bonchev–Trinajstić information content (AvgIpc) is 2.54. The number of rotatable bonds is 6. The number of nitro groups is 1. The molecule has 0 saturated heterocycles. The van der Waals surface area contributed by atoms with Crippen LogP contribution in [0.15, 0.2) is 53.4 Å². The van der Waals surface area contributed by atoms with Crippen molar-refractivity contribution in [1.82, 2.24) is 4.72 Å². The van der Waals surface area contributed by atoms with Crippen molar-refractivity contribution in [1.29, 1.82) is 0 Å². The molecule has 0 heterocycles. The number of nitrogens with one attached hydrogen (secondary N) is 2. The minimum Gasteiger partial charge on any atom is -0.324 e. The van der Waals surface area contributed by atoms with Crippen LogP contribution in [0.5, 0.6) is 0 Å². The van der Waals surface area contributed by atoms with Crippen LogP contribution in [0.1, 0.15) is 6.92 Å². The van der Waals surface area contributed by atoms with E-state index < -0.39 is 26.9 Å². The number of halogens is 1. The largest absolute Gasteiger partial charge is 0.324 e. The Morgan fingerprint density at radius 3 is 2.52 bits per heavy atom. The Balaban J connectivity index is 2.10. The Morgan fingerprint density at radius 1 is 1.20 bits per heavy atom. The van der Waals surface area contributed by atoms with Gasteiger partial charge in [0.25, 0.3) is 5.69 Å². The second-order valence-corrected chi connectivity index (χ2v) is 7.25. The highest BCUT2D eigenvalue weighted by Crippen LogP contribution is 2.18. The third kappa shape index (κ3) is 4.99. The summed E-state index contributed by atoms with van der Waals surface area (Å²) in [7, 11) is -3.94. The molecule has 0 aliphatic heterocycles. The number of hydrogen-bond acceptors (Lipinski definition) is 5. The van der Waals surface area contributed by atoms with E-state index in [2.05, 4.69) is 10.0 Å². The monoisotopic (exact) mass is 383 g/mol. The van der Waals surface area contributed by atoms with Crippen LogP contribution in [-0.4, -0.2) is 25.3 Å². The SMILES string of the molecule is C[C@H](NS(=O)(=O)c1cccc(Cl)c1)C(=O)Nc1cccc([N+](=O)[O-])c1. The Bertz CT molecular complexity index is 917. The first-order chi connectivity index (χ1) is 11.7. The molecule has 2 aromatic rings. The first kappa shape index (κ1) is 18.8. The number of anilines is 1. The number of amides is 1. The van der Waals surface area contributed by atoms with Crippen molar-refractivity contribution in [2.24, 2.45) is 0 Å². The molecular formula is C15H14ClN3O5S. The van der Waals surface area contributed by atoms with Crippen molar-refractivity contribution >= 4 is 38.9 Å². The zero-order valence-corrected chi connectivity index (χ0v) is 14.5. The summed E-state index contributed by atoms with van der Waals surface area (Å²) in [5, 5.41) is 13.4. The van der Waals surface area contributed by atoms with E-state index >= 15 is 0 Å². The fourth-order valence-corrected chi connectivity index (χ4v) is 3.44. The van der Waals surface area contributed by atoms with Gasteiger partial charge in [-0.15, -0.1) is 0 Å². The molecule has 25 heavy (non-hydrogen) atoms. The van der Waals surface area contributed by atoms with Crippen molar-refractivity contribution < 1.29 is 18.1 Å². The summed E-state index contributed by atoms with van der Waals surface area (Å²) in [5.74, 6) is -0.661. The highest BCUT2D eigenvalue weighted by atomic mass is 35.5. The lowest BCUT2D eigenvalue weighted by Gasteiger charge is -2.14. The first-order valence-corrected chi connectivity index (χ1v) is 8.88. The Labute approximate surface area is 149 Å². The summed E-state index contributed by atoms with van der Waals surface area (Å²) < 4.78 is 26.7. The maximum absolute atomic E-state index is 12.3. The third-order valence-corrected chi connectivity index (χ3v) is 4.93. The van der Waals surface area contributed by atoms with Crippen LogP contribution in [0.3, 0.4) is 0 Å². The lowest BCUT2D eigenvalue weighted by atomic mass is 10.2. The van der Waals surface area contributed by atoms with Crippen molar-refractivity contribution in [3.63, 3.8) is 0 Å². The summed E-state index contributed by atoms with van der Waals surface area (Å²) in [6.07, 6.45) is 0. The molecule has 1 amide bonds. The predicted molar refractivity (Wildman–Crippen MR) is 93.0 cm³/mol. The van der Waals surface area contributed by atoms with Crippen molar-refractivity contribution in [3.05, 3.63) is 63.7 Å².